The molecular formula is C14H10F2N6S. The molecule has 0 bridgehead atoms. The van der Waals surface area contributed by atoms with Crippen molar-refractivity contribution in [1.82, 2.24) is 29.1 Å². The molecule has 23 heavy (non-hydrogen) atoms. The summed E-state index contributed by atoms with van der Waals surface area (Å²) in [5, 5.41) is 4.91. The Kier molecular flexibility index (Phi) is 3.22. The molecule has 0 aliphatic heterocycles. The minimum atomic E-state index is -2.68. The van der Waals surface area contributed by atoms with E-state index in [1.165, 1.54) is 10.8 Å². The Morgan fingerprint density at radius 1 is 1.17 bits per heavy atom. The highest BCUT2D eigenvalue weighted by Crippen LogP contribution is 2.33. The fourth-order valence-corrected chi connectivity index (χ4v) is 3.40. The quantitative estimate of drug-likeness (QED) is 0.539. The van der Waals surface area contributed by atoms with Crippen molar-refractivity contribution < 1.29 is 8.78 Å². The molecule has 6 nitrogen and oxygen atoms in total. The number of alkyl halides is 2. The Morgan fingerprint density at radius 3 is 2.83 bits per heavy atom. The monoisotopic (exact) mass is 332 g/mol. The van der Waals surface area contributed by atoms with Gasteiger partial charge in [0.15, 0.2) is 5.16 Å². The first-order valence-corrected chi connectivity index (χ1v) is 7.55. The number of fused-ring (bicyclic) bond motifs is 2. The molecule has 116 valence electrons. The van der Waals surface area contributed by atoms with Crippen molar-refractivity contribution in [2.24, 2.45) is 0 Å². The summed E-state index contributed by atoms with van der Waals surface area (Å²) in [6.45, 7) is -0.867. The van der Waals surface area contributed by atoms with E-state index >= 15 is 0 Å². The fourth-order valence-electron chi connectivity index (χ4n) is 2.35. The lowest BCUT2D eigenvalue weighted by molar-refractivity contribution is 0.0656. The highest BCUT2D eigenvalue weighted by Gasteiger charge is 2.20. The molecule has 1 aromatic carbocycles. The second-order valence-corrected chi connectivity index (χ2v) is 5.83. The van der Waals surface area contributed by atoms with E-state index in [0.717, 1.165) is 22.0 Å². The van der Waals surface area contributed by atoms with Gasteiger partial charge in [0.1, 0.15) is 11.4 Å². The summed E-state index contributed by atoms with van der Waals surface area (Å²) in [4.78, 5) is 12.6. The van der Waals surface area contributed by atoms with Crippen molar-refractivity contribution >= 4 is 28.6 Å². The highest BCUT2D eigenvalue weighted by molar-refractivity contribution is 7.99. The van der Waals surface area contributed by atoms with Gasteiger partial charge in [-0.25, -0.2) is 9.97 Å². The third kappa shape index (κ3) is 2.33. The molecule has 0 radical (unpaired) electrons. The number of benzene rings is 1. The second-order valence-electron chi connectivity index (χ2n) is 4.84. The summed E-state index contributed by atoms with van der Waals surface area (Å²) in [5.41, 5.74) is 1.65. The van der Waals surface area contributed by atoms with Crippen molar-refractivity contribution in [3.63, 3.8) is 0 Å². The van der Waals surface area contributed by atoms with Crippen LogP contribution in [-0.4, -0.2) is 29.1 Å². The maximum absolute atomic E-state index is 13.5. The maximum Gasteiger partial charge on any atom is 0.321 e. The molecule has 0 spiro atoms. The van der Waals surface area contributed by atoms with E-state index in [4.69, 9.17) is 0 Å². The van der Waals surface area contributed by atoms with Crippen LogP contribution in [0.4, 0.5) is 8.78 Å². The standard InChI is InChI=1S/C14H10F2N6S/c1-8-6-11(22-13(19-8)17-7-18-22)23-14-20-9-4-2-3-5-10(9)21(14)12(15)16/h2-7,12H,1H3. The van der Waals surface area contributed by atoms with E-state index in [1.807, 2.05) is 6.92 Å². The number of aromatic nitrogens is 6. The zero-order valence-electron chi connectivity index (χ0n) is 11.9. The van der Waals surface area contributed by atoms with Crippen LogP contribution < -0.4 is 0 Å². The van der Waals surface area contributed by atoms with Crippen LogP contribution in [0, 0.1) is 6.92 Å². The molecule has 0 aliphatic carbocycles. The van der Waals surface area contributed by atoms with Gasteiger partial charge in [0.05, 0.1) is 11.0 Å². The molecule has 0 saturated heterocycles. The summed E-state index contributed by atoms with van der Waals surface area (Å²) >= 11 is 1.11. The van der Waals surface area contributed by atoms with Crippen LogP contribution in [0.15, 0.2) is 46.8 Å². The van der Waals surface area contributed by atoms with Gasteiger partial charge >= 0.3 is 6.55 Å². The van der Waals surface area contributed by atoms with Crippen LogP contribution in [0.5, 0.6) is 0 Å². The lowest BCUT2D eigenvalue weighted by Crippen LogP contribution is -2.02. The lowest BCUT2D eigenvalue weighted by Gasteiger charge is -2.08. The first-order chi connectivity index (χ1) is 11.1. The minimum absolute atomic E-state index is 0.198. The van der Waals surface area contributed by atoms with Crippen molar-refractivity contribution in [3.05, 3.63) is 42.4 Å². The molecule has 0 atom stereocenters. The highest BCUT2D eigenvalue weighted by atomic mass is 32.2. The SMILES string of the molecule is Cc1cc(Sc2nc3ccccc3n2C(F)F)n2ncnc2n1. The maximum atomic E-state index is 13.5. The Labute approximate surface area is 133 Å². The smallest absolute Gasteiger partial charge is 0.261 e. The Morgan fingerprint density at radius 2 is 2.00 bits per heavy atom. The predicted octanol–water partition coefficient (Wildman–Crippen LogP) is 3.33. The molecule has 0 fully saturated rings. The third-order valence-electron chi connectivity index (χ3n) is 3.30. The van der Waals surface area contributed by atoms with Gasteiger partial charge in [0, 0.05) is 5.69 Å². The molecule has 0 N–H and O–H groups in total. The first-order valence-electron chi connectivity index (χ1n) is 6.74. The number of rotatable bonds is 3. The summed E-state index contributed by atoms with van der Waals surface area (Å²) in [6.07, 6.45) is 1.38. The summed E-state index contributed by atoms with van der Waals surface area (Å²) in [6, 6.07) is 8.58. The van der Waals surface area contributed by atoms with Crippen molar-refractivity contribution in [2.45, 2.75) is 23.7 Å². The first kappa shape index (κ1) is 14.1. The van der Waals surface area contributed by atoms with E-state index in [2.05, 4.69) is 20.1 Å². The number of hydrogen-bond donors (Lipinski definition) is 0. The predicted molar refractivity (Wildman–Crippen MR) is 80.6 cm³/mol. The second kappa shape index (κ2) is 5.27. The van der Waals surface area contributed by atoms with Gasteiger partial charge in [-0.3, -0.25) is 4.57 Å². The van der Waals surface area contributed by atoms with Crippen molar-refractivity contribution in [1.29, 1.82) is 0 Å². The van der Waals surface area contributed by atoms with Gasteiger partial charge in [-0.15, -0.1) is 0 Å². The van der Waals surface area contributed by atoms with Gasteiger partial charge in [0.2, 0.25) is 0 Å². The molecule has 0 saturated carbocycles. The topological polar surface area (TPSA) is 60.9 Å². The average molecular weight is 332 g/mol. The number of para-hydroxylation sites is 2. The number of hydrogen-bond acceptors (Lipinski definition) is 5. The van der Waals surface area contributed by atoms with Crippen LogP contribution in [-0.2, 0) is 0 Å². The molecule has 3 heterocycles. The summed E-state index contributed by atoms with van der Waals surface area (Å²) in [7, 11) is 0. The van der Waals surface area contributed by atoms with Crippen molar-refractivity contribution in [2.75, 3.05) is 0 Å². The zero-order chi connectivity index (χ0) is 16.0. The summed E-state index contributed by atoms with van der Waals surface area (Å²) < 4.78 is 29.4. The van der Waals surface area contributed by atoms with Crippen LogP contribution in [0.1, 0.15) is 12.2 Å². The largest absolute Gasteiger partial charge is 0.321 e. The fraction of sp³-hybridized carbons (Fsp3) is 0.143. The van der Waals surface area contributed by atoms with Gasteiger partial charge in [-0.1, -0.05) is 12.1 Å². The van der Waals surface area contributed by atoms with Crippen LogP contribution in [0.25, 0.3) is 16.8 Å². The molecule has 0 amide bonds. The number of imidazole rings is 1. The molecule has 9 heteroatoms. The van der Waals surface area contributed by atoms with Gasteiger partial charge in [0.25, 0.3) is 5.78 Å². The Bertz CT molecular complexity index is 1010. The molecule has 0 aliphatic rings. The van der Waals surface area contributed by atoms with Crippen LogP contribution >= 0.6 is 11.8 Å². The van der Waals surface area contributed by atoms with E-state index in [1.54, 1.807) is 30.3 Å². The van der Waals surface area contributed by atoms with Gasteiger partial charge in [-0.2, -0.15) is 23.4 Å². The molecular weight excluding hydrogens is 322 g/mol. The number of nitrogens with zero attached hydrogens (tertiary/aromatic N) is 6. The zero-order valence-corrected chi connectivity index (χ0v) is 12.7. The number of aryl methyl sites for hydroxylation is 1. The summed E-state index contributed by atoms with van der Waals surface area (Å²) in [5.74, 6) is 0.423. The van der Waals surface area contributed by atoms with E-state index in [9.17, 15) is 8.78 Å². The molecule has 3 aromatic heterocycles. The average Bonchev–Trinajstić information content (AvgIpc) is 3.10. The Hall–Kier alpha value is -2.55. The normalized spacial score (nSPS) is 11.8. The van der Waals surface area contributed by atoms with Crippen molar-refractivity contribution in [3.8, 4) is 0 Å². The van der Waals surface area contributed by atoms with Crippen LogP contribution in [0.3, 0.4) is 0 Å². The van der Waals surface area contributed by atoms with Gasteiger partial charge in [-0.05, 0) is 36.9 Å². The third-order valence-corrected chi connectivity index (χ3v) is 4.27. The Balaban J connectivity index is 1.89. The molecule has 4 aromatic rings. The molecule has 0 unspecified atom stereocenters. The lowest BCUT2D eigenvalue weighted by atomic mass is 10.3. The van der Waals surface area contributed by atoms with E-state index in [-0.39, 0.29) is 5.16 Å². The minimum Gasteiger partial charge on any atom is -0.261 e. The van der Waals surface area contributed by atoms with Gasteiger partial charge < -0.3 is 0 Å². The molecule has 4 rings (SSSR count). The van der Waals surface area contributed by atoms with Crippen LogP contribution in [0.2, 0.25) is 0 Å². The van der Waals surface area contributed by atoms with E-state index in [0.29, 0.717) is 21.8 Å². The van der Waals surface area contributed by atoms with E-state index < -0.39 is 6.55 Å². The number of halogens is 2.